The number of hydrogen-bond donors (Lipinski definition) is 0. The van der Waals surface area contributed by atoms with Crippen LogP contribution in [0.25, 0.3) is 0 Å². The minimum atomic E-state index is -0.905. The Morgan fingerprint density at radius 3 is 1.28 bits per heavy atom. The molecule has 0 aliphatic rings. The van der Waals surface area contributed by atoms with Crippen LogP contribution < -0.4 is 0 Å². The molecule has 0 saturated carbocycles. The molecule has 18 heavy (non-hydrogen) atoms. The molecule has 0 nitrogen and oxygen atoms in total. The minimum Gasteiger partial charge on any atom is -0.204 e. The summed E-state index contributed by atoms with van der Waals surface area (Å²) in [5, 5.41) is 0. The van der Waals surface area contributed by atoms with Gasteiger partial charge in [-0.3, -0.25) is 0 Å². The zero-order valence-electron chi connectivity index (χ0n) is 9.39. The normalized spacial score (nSPS) is 10.7. The fourth-order valence-corrected chi connectivity index (χ4v) is 1.68. The summed E-state index contributed by atoms with van der Waals surface area (Å²) in [6.45, 7) is 0. The monoisotopic (exact) mass is 254 g/mol. The van der Waals surface area contributed by atoms with Gasteiger partial charge in [-0.15, -0.1) is 0 Å². The molecule has 0 saturated heterocycles. The second kappa shape index (κ2) is 5.21. The lowest BCUT2D eigenvalue weighted by Crippen LogP contribution is -1.95. The van der Waals surface area contributed by atoms with Crippen LogP contribution in [0.4, 0.5) is 17.6 Å². The molecule has 2 aromatic carbocycles. The molecule has 0 unspecified atom stereocenters. The molecule has 2 aromatic rings. The summed E-state index contributed by atoms with van der Waals surface area (Å²) in [5.74, 6) is -3.60. The van der Waals surface area contributed by atoms with Crippen LogP contribution in [0.15, 0.2) is 36.4 Å². The summed E-state index contributed by atoms with van der Waals surface area (Å²) in [5.41, 5.74) is 1.22. The second-order valence-electron chi connectivity index (χ2n) is 4.00. The predicted molar refractivity (Wildman–Crippen MR) is 60.1 cm³/mol. The van der Waals surface area contributed by atoms with E-state index < -0.39 is 23.3 Å². The van der Waals surface area contributed by atoms with Gasteiger partial charge in [0.25, 0.3) is 0 Å². The molecule has 4 heteroatoms. The van der Waals surface area contributed by atoms with Crippen LogP contribution in [-0.4, -0.2) is 0 Å². The SMILES string of the molecule is Fc1ccc(CCc2ccc(F)c(F)c2)cc1F. The van der Waals surface area contributed by atoms with Crippen LogP contribution in [0.1, 0.15) is 11.1 Å². The molecule has 0 N–H and O–H groups in total. The zero-order valence-corrected chi connectivity index (χ0v) is 9.39. The van der Waals surface area contributed by atoms with Gasteiger partial charge in [0.2, 0.25) is 0 Å². The van der Waals surface area contributed by atoms with Crippen molar-refractivity contribution >= 4 is 0 Å². The van der Waals surface area contributed by atoms with Gasteiger partial charge in [0, 0.05) is 0 Å². The highest BCUT2D eigenvalue weighted by Crippen LogP contribution is 2.14. The van der Waals surface area contributed by atoms with Crippen LogP contribution in [-0.2, 0) is 12.8 Å². The van der Waals surface area contributed by atoms with E-state index in [-0.39, 0.29) is 0 Å². The highest BCUT2D eigenvalue weighted by atomic mass is 19.2. The third-order valence-electron chi connectivity index (χ3n) is 2.67. The van der Waals surface area contributed by atoms with Gasteiger partial charge in [-0.05, 0) is 48.2 Å². The molecule has 0 aliphatic carbocycles. The molecule has 0 aromatic heterocycles. The van der Waals surface area contributed by atoms with Crippen molar-refractivity contribution in [1.29, 1.82) is 0 Å². The number of hydrogen-bond acceptors (Lipinski definition) is 0. The van der Waals surface area contributed by atoms with Crippen molar-refractivity contribution in [3.8, 4) is 0 Å². The van der Waals surface area contributed by atoms with Gasteiger partial charge in [-0.25, -0.2) is 17.6 Å². The molecular weight excluding hydrogens is 244 g/mol. The minimum absolute atomic E-state index is 0.433. The number of aryl methyl sites for hydroxylation is 2. The lowest BCUT2D eigenvalue weighted by molar-refractivity contribution is 0.505. The van der Waals surface area contributed by atoms with E-state index in [2.05, 4.69) is 0 Å². The van der Waals surface area contributed by atoms with Crippen molar-refractivity contribution in [2.75, 3.05) is 0 Å². The Labute approximate surface area is 102 Å². The van der Waals surface area contributed by atoms with Crippen LogP contribution in [0.3, 0.4) is 0 Å². The molecule has 0 amide bonds. The van der Waals surface area contributed by atoms with Crippen molar-refractivity contribution < 1.29 is 17.6 Å². The summed E-state index contributed by atoms with van der Waals surface area (Å²) in [7, 11) is 0. The molecule has 0 radical (unpaired) electrons. The van der Waals surface area contributed by atoms with Crippen LogP contribution in [0.2, 0.25) is 0 Å². The van der Waals surface area contributed by atoms with Crippen molar-refractivity contribution in [3.05, 3.63) is 70.8 Å². The van der Waals surface area contributed by atoms with Crippen LogP contribution in [0, 0.1) is 23.3 Å². The van der Waals surface area contributed by atoms with Gasteiger partial charge in [-0.1, -0.05) is 12.1 Å². The van der Waals surface area contributed by atoms with Gasteiger partial charge in [0.05, 0.1) is 0 Å². The van der Waals surface area contributed by atoms with Gasteiger partial charge in [0.1, 0.15) is 0 Å². The first-order valence-electron chi connectivity index (χ1n) is 5.44. The van der Waals surface area contributed by atoms with E-state index >= 15 is 0 Å². The Morgan fingerprint density at radius 2 is 0.944 bits per heavy atom. The maximum Gasteiger partial charge on any atom is 0.159 e. The Kier molecular flexibility index (Phi) is 3.65. The largest absolute Gasteiger partial charge is 0.204 e. The summed E-state index contributed by atoms with van der Waals surface area (Å²) in [4.78, 5) is 0. The number of benzene rings is 2. The number of halogens is 4. The smallest absolute Gasteiger partial charge is 0.159 e. The van der Waals surface area contributed by atoms with Gasteiger partial charge in [-0.2, -0.15) is 0 Å². The third kappa shape index (κ3) is 2.88. The summed E-state index contributed by atoms with van der Waals surface area (Å²) >= 11 is 0. The summed E-state index contributed by atoms with van der Waals surface area (Å²) in [6, 6.07) is 7.26. The molecule has 0 heterocycles. The van der Waals surface area contributed by atoms with E-state index in [0.29, 0.717) is 24.0 Å². The average Bonchev–Trinajstić information content (AvgIpc) is 2.35. The Morgan fingerprint density at radius 1 is 0.556 bits per heavy atom. The molecular formula is C14H10F4. The van der Waals surface area contributed by atoms with Gasteiger partial charge < -0.3 is 0 Å². The first-order chi connectivity index (χ1) is 8.56. The highest BCUT2D eigenvalue weighted by Gasteiger charge is 2.05. The summed E-state index contributed by atoms with van der Waals surface area (Å²) in [6.07, 6.45) is 0.866. The van der Waals surface area contributed by atoms with E-state index in [4.69, 9.17) is 0 Å². The summed E-state index contributed by atoms with van der Waals surface area (Å²) < 4.78 is 51.3. The Balaban J connectivity index is 2.06. The molecule has 0 spiro atoms. The molecule has 0 aliphatic heterocycles. The molecule has 2 rings (SSSR count). The van der Waals surface area contributed by atoms with Crippen molar-refractivity contribution in [2.24, 2.45) is 0 Å². The lowest BCUT2D eigenvalue weighted by atomic mass is 10.0. The van der Waals surface area contributed by atoms with E-state index in [1.54, 1.807) is 0 Å². The van der Waals surface area contributed by atoms with Crippen LogP contribution >= 0.6 is 0 Å². The zero-order chi connectivity index (χ0) is 13.1. The molecule has 0 fully saturated rings. The molecule has 0 atom stereocenters. The Hall–Kier alpha value is -1.84. The standard InChI is InChI=1S/C14H10F4/c15-11-5-3-9(7-13(11)17)1-2-10-4-6-12(16)14(18)8-10/h3-8H,1-2H2. The highest BCUT2D eigenvalue weighted by molar-refractivity contribution is 5.22. The van der Waals surface area contributed by atoms with E-state index in [1.165, 1.54) is 12.1 Å². The average molecular weight is 254 g/mol. The fourth-order valence-electron chi connectivity index (χ4n) is 1.68. The fraction of sp³-hybridized carbons (Fsp3) is 0.143. The first kappa shape index (κ1) is 12.6. The maximum absolute atomic E-state index is 12.9. The van der Waals surface area contributed by atoms with Gasteiger partial charge in [0.15, 0.2) is 23.3 Å². The van der Waals surface area contributed by atoms with Crippen molar-refractivity contribution in [2.45, 2.75) is 12.8 Å². The van der Waals surface area contributed by atoms with Crippen molar-refractivity contribution in [3.63, 3.8) is 0 Å². The lowest BCUT2D eigenvalue weighted by Gasteiger charge is -2.03. The quantitative estimate of drug-likeness (QED) is 0.725. The third-order valence-corrected chi connectivity index (χ3v) is 2.67. The topological polar surface area (TPSA) is 0 Å². The molecule has 0 bridgehead atoms. The number of rotatable bonds is 3. The van der Waals surface area contributed by atoms with Gasteiger partial charge >= 0.3 is 0 Å². The Bertz CT molecular complexity index is 512. The van der Waals surface area contributed by atoms with Crippen molar-refractivity contribution in [1.82, 2.24) is 0 Å². The van der Waals surface area contributed by atoms with E-state index in [1.807, 2.05) is 0 Å². The second-order valence-corrected chi connectivity index (χ2v) is 4.00. The maximum atomic E-state index is 12.9. The van der Waals surface area contributed by atoms with E-state index in [9.17, 15) is 17.6 Å². The van der Waals surface area contributed by atoms with Crippen LogP contribution in [0.5, 0.6) is 0 Å². The van der Waals surface area contributed by atoms with E-state index in [0.717, 1.165) is 24.3 Å². The predicted octanol–water partition coefficient (Wildman–Crippen LogP) is 4.03. The first-order valence-corrected chi connectivity index (χ1v) is 5.44. The molecule has 94 valence electrons.